The number of allylic oxidation sites excluding steroid dienone is 4. The third-order valence-electron chi connectivity index (χ3n) is 3.58. The van der Waals surface area contributed by atoms with Crippen molar-refractivity contribution in [3.05, 3.63) is 59.7 Å². The Kier molecular flexibility index (Phi) is 2.36. The zero-order chi connectivity index (χ0) is 11.8. The van der Waals surface area contributed by atoms with Gasteiger partial charge in [-0.15, -0.1) is 0 Å². The van der Waals surface area contributed by atoms with E-state index in [1.165, 1.54) is 33.0 Å². The van der Waals surface area contributed by atoms with Crippen molar-refractivity contribution in [2.75, 3.05) is 0 Å². The van der Waals surface area contributed by atoms with E-state index in [2.05, 4.69) is 62.4 Å². The summed E-state index contributed by atoms with van der Waals surface area (Å²) in [5.74, 6) is 0. The fourth-order valence-corrected chi connectivity index (χ4v) is 2.53. The van der Waals surface area contributed by atoms with Crippen LogP contribution in [0.2, 0.25) is 0 Å². The Balaban J connectivity index is 2.38. The Morgan fingerprint density at radius 1 is 0.765 bits per heavy atom. The predicted molar refractivity (Wildman–Crippen MR) is 75.9 cm³/mol. The Hall–Kier alpha value is -1.82. The topological polar surface area (TPSA) is 0 Å². The summed E-state index contributed by atoms with van der Waals surface area (Å²) in [5.41, 5.74) is 5.54. The molecule has 2 aromatic carbocycles. The van der Waals surface area contributed by atoms with Crippen LogP contribution in [-0.4, -0.2) is 0 Å². The summed E-state index contributed by atoms with van der Waals surface area (Å²) in [6, 6.07) is 13.2. The van der Waals surface area contributed by atoms with Gasteiger partial charge in [0.05, 0.1) is 0 Å². The highest BCUT2D eigenvalue weighted by Crippen LogP contribution is 2.32. The Labute approximate surface area is 102 Å². The molecule has 0 bridgehead atoms. The van der Waals surface area contributed by atoms with Gasteiger partial charge < -0.3 is 0 Å². The van der Waals surface area contributed by atoms with E-state index in [9.17, 15) is 0 Å². The molecule has 0 atom stereocenters. The molecular weight excluding hydrogens is 204 g/mol. The molecule has 0 spiro atoms. The molecule has 2 aromatic rings. The first kappa shape index (κ1) is 10.3. The highest BCUT2D eigenvalue weighted by molar-refractivity contribution is 5.92. The molecule has 0 aliphatic heterocycles. The molecular formula is C17H16. The summed E-state index contributed by atoms with van der Waals surface area (Å²) >= 11 is 0. The normalized spacial score (nSPS) is 14.9. The van der Waals surface area contributed by atoms with Crippen molar-refractivity contribution in [3.63, 3.8) is 0 Å². The smallest absolute Gasteiger partial charge is 0.0149 e. The molecule has 0 aromatic heterocycles. The largest absolute Gasteiger partial charge is 0.0772 e. The van der Waals surface area contributed by atoms with Gasteiger partial charge in [-0.05, 0) is 65.4 Å². The van der Waals surface area contributed by atoms with Gasteiger partial charge in [-0.25, -0.2) is 0 Å². The van der Waals surface area contributed by atoms with Gasteiger partial charge in [0.1, 0.15) is 0 Å². The molecule has 0 heteroatoms. The lowest BCUT2D eigenvalue weighted by molar-refractivity contribution is 1.40. The van der Waals surface area contributed by atoms with Gasteiger partial charge in [0.2, 0.25) is 0 Å². The van der Waals surface area contributed by atoms with Crippen molar-refractivity contribution in [2.24, 2.45) is 0 Å². The molecule has 0 radical (unpaired) electrons. The van der Waals surface area contributed by atoms with Crippen LogP contribution < -0.4 is 0 Å². The maximum atomic E-state index is 2.32. The van der Waals surface area contributed by atoms with Gasteiger partial charge in [-0.2, -0.15) is 0 Å². The van der Waals surface area contributed by atoms with E-state index in [0.717, 1.165) is 6.42 Å². The second kappa shape index (κ2) is 3.89. The predicted octanol–water partition coefficient (Wildman–Crippen LogP) is 5.05. The summed E-state index contributed by atoms with van der Waals surface area (Å²) in [6.07, 6.45) is 5.66. The van der Waals surface area contributed by atoms with Gasteiger partial charge in [0.25, 0.3) is 0 Å². The molecule has 0 N–H and O–H groups in total. The van der Waals surface area contributed by atoms with Crippen molar-refractivity contribution in [2.45, 2.75) is 20.3 Å². The Bertz CT molecular complexity index is 586. The fraction of sp³-hybridized carbons (Fsp3) is 0.176. The van der Waals surface area contributed by atoms with Gasteiger partial charge in [0.15, 0.2) is 0 Å². The molecule has 0 nitrogen and oxygen atoms in total. The lowest BCUT2D eigenvalue weighted by Crippen LogP contribution is -1.89. The van der Waals surface area contributed by atoms with Crippen LogP contribution >= 0.6 is 0 Å². The number of fused-ring (bicyclic) bond motifs is 2. The summed E-state index contributed by atoms with van der Waals surface area (Å²) in [4.78, 5) is 0. The van der Waals surface area contributed by atoms with E-state index in [4.69, 9.17) is 0 Å². The minimum atomic E-state index is 1.04. The molecule has 0 fully saturated rings. The average Bonchev–Trinajstić information content (AvgIpc) is 2.48. The second-order valence-corrected chi connectivity index (χ2v) is 4.75. The van der Waals surface area contributed by atoms with Gasteiger partial charge in [-0.1, -0.05) is 36.4 Å². The minimum absolute atomic E-state index is 1.04. The molecule has 0 heterocycles. The van der Waals surface area contributed by atoms with Crippen LogP contribution in [0.5, 0.6) is 0 Å². The zero-order valence-electron chi connectivity index (χ0n) is 10.3. The molecule has 1 aliphatic rings. The summed E-state index contributed by atoms with van der Waals surface area (Å²) in [6.45, 7) is 4.42. The monoisotopic (exact) mass is 220 g/mol. The maximum Gasteiger partial charge on any atom is -0.0149 e. The average molecular weight is 220 g/mol. The molecule has 84 valence electrons. The third kappa shape index (κ3) is 1.70. The quantitative estimate of drug-likeness (QED) is 0.582. The fourth-order valence-electron chi connectivity index (χ4n) is 2.53. The highest BCUT2D eigenvalue weighted by Gasteiger charge is 2.10. The molecule has 3 rings (SSSR count). The van der Waals surface area contributed by atoms with E-state index in [1.54, 1.807) is 0 Å². The van der Waals surface area contributed by atoms with E-state index < -0.39 is 0 Å². The molecule has 0 saturated carbocycles. The third-order valence-corrected chi connectivity index (χ3v) is 3.58. The number of hydrogen-bond donors (Lipinski definition) is 0. The van der Waals surface area contributed by atoms with Crippen molar-refractivity contribution in [3.8, 4) is 0 Å². The highest BCUT2D eigenvalue weighted by atomic mass is 14.1. The standard InChI is InChI=1S/C17H16/c1-12-6-5-7-13(2)17-11-15-9-4-3-8-14(15)10-16(12)17/h3-4,6-11H,5H2,1-2H3. The van der Waals surface area contributed by atoms with E-state index in [1.807, 2.05) is 0 Å². The summed E-state index contributed by atoms with van der Waals surface area (Å²) in [5, 5.41) is 2.66. The molecule has 0 unspecified atom stereocenters. The van der Waals surface area contributed by atoms with E-state index in [0.29, 0.717) is 0 Å². The van der Waals surface area contributed by atoms with Gasteiger partial charge >= 0.3 is 0 Å². The number of rotatable bonds is 0. The lowest BCUT2D eigenvalue weighted by Gasteiger charge is -2.11. The van der Waals surface area contributed by atoms with Crippen LogP contribution in [0, 0.1) is 0 Å². The van der Waals surface area contributed by atoms with Crippen molar-refractivity contribution in [1.29, 1.82) is 0 Å². The lowest BCUT2D eigenvalue weighted by atomic mass is 9.94. The maximum absolute atomic E-state index is 2.32. The summed E-state index contributed by atoms with van der Waals surface area (Å²) in [7, 11) is 0. The summed E-state index contributed by atoms with van der Waals surface area (Å²) < 4.78 is 0. The number of hydrogen-bond acceptors (Lipinski definition) is 0. The minimum Gasteiger partial charge on any atom is -0.0772 e. The van der Waals surface area contributed by atoms with Crippen molar-refractivity contribution >= 4 is 21.9 Å². The van der Waals surface area contributed by atoms with Crippen LogP contribution in [-0.2, 0) is 0 Å². The van der Waals surface area contributed by atoms with Gasteiger partial charge in [-0.3, -0.25) is 0 Å². The zero-order valence-corrected chi connectivity index (χ0v) is 10.3. The Morgan fingerprint density at radius 2 is 1.24 bits per heavy atom. The van der Waals surface area contributed by atoms with E-state index >= 15 is 0 Å². The van der Waals surface area contributed by atoms with Crippen LogP contribution in [0.25, 0.3) is 21.9 Å². The van der Waals surface area contributed by atoms with Gasteiger partial charge in [0, 0.05) is 0 Å². The van der Waals surface area contributed by atoms with Crippen LogP contribution in [0.1, 0.15) is 31.4 Å². The molecule has 17 heavy (non-hydrogen) atoms. The molecule has 0 saturated heterocycles. The Morgan fingerprint density at radius 3 is 1.71 bits per heavy atom. The van der Waals surface area contributed by atoms with Crippen LogP contribution in [0.4, 0.5) is 0 Å². The van der Waals surface area contributed by atoms with Crippen LogP contribution in [0.15, 0.2) is 48.6 Å². The van der Waals surface area contributed by atoms with E-state index in [-0.39, 0.29) is 0 Å². The first-order valence-electron chi connectivity index (χ1n) is 6.13. The second-order valence-electron chi connectivity index (χ2n) is 4.75. The van der Waals surface area contributed by atoms with Crippen molar-refractivity contribution in [1.82, 2.24) is 0 Å². The van der Waals surface area contributed by atoms with Crippen molar-refractivity contribution < 1.29 is 0 Å². The molecule has 0 amide bonds. The SMILES string of the molecule is CC1=CCC=C(C)c2cc3ccccc3cc21. The molecule has 1 aliphatic carbocycles. The number of benzene rings is 2. The first-order chi connectivity index (χ1) is 8.25. The first-order valence-corrected chi connectivity index (χ1v) is 6.13. The van der Waals surface area contributed by atoms with Crippen LogP contribution in [0.3, 0.4) is 0 Å².